The van der Waals surface area contributed by atoms with Gasteiger partial charge < -0.3 is 14.6 Å². The van der Waals surface area contributed by atoms with E-state index in [1.54, 1.807) is 10.9 Å². The van der Waals surface area contributed by atoms with Crippen molar-refractivity contribution in [3.05, 3.63) is 71.2 Å². The molecule has 0 aliphatic carbocycles. The lowest BCUT2D eigenvalue weighted by molar-refractivity contribution is 0.0667. The van der Waals surface area contributed by atoms with E-state index >= 15 is 0 Å². The number of aromatic nitrogens is 3. The summed E-state index contributed by atoms with van der Waals surface area (Å²) >= 11 is 0. The van der Waals surface area contributed by atoms with Gasteiger partial charge in [0.2, 0.25) is 0 Å². The monoisotopic (exact) mass is 392 g/mol. The van der Waals surface area contributed by atoms with Crippen LogP contribution >= 0.6 is 0 Å². The predicted molar refractivity (Wildman–Crippen MR) is 112 cm³/mol. The standard InChI is InChI=1S/C23H28N4O2/c1-16-11-12-17(2)27(16)22-20(15-24-25(22)3)23(29)26-13-7-10-19(26)14-21(28)18-8-5-4-6-9-18/h4-6,8-9,11-12,15,19,21,28H,7,10,13-14H2,1-3H3/t19-,21+/m1/s1. The SMILES string of the molecule is Cc1ccc(C)n1-c1c(C(=O)N2CCC[C@@H]2C[C@H](O)c2ccccc2)cnn1C. The first-order valence-corrected chi connectivity index (χ1v) is 10.2. The summed E-state index contributed by atoms with van der Waals surface area (Å²) in [4.78, 5) is 15.4. The van der Waals surface area contributed by atoms with E-state index in [2.05, 4.69) is 9.67 Å². The van der Waals surface area contributed by atoms with Crippen molar-refractivity contribution in [2.45, 2.75) is 45.3 Å². The molecule has 1 aliphatic heterocycles. The van der Waals surface area contributed by atoms with Gasteiger partial charge in [0.25, 0.3) is 5.91 Å². The molecule has 4 rings (SSSR count). The molecule has 0 saturated carbocycles. The van der Waals surface area contributed by atoms with Crippen molar-refractivity contribution in [3.63, 3.8) is 0 Å². The number of hydrogen-bond acceptors (Lipinski definition) is 3. The van der Waals surface area contributed by atoms with Crippen LogP contribution in [-0.4, -0.2) is 42.8 Å². The molecule has 6 nitrogen and oxygen atoms in total. The zero-order valence-corrected chi connectivity index (χ0v) is 17.2. The smallest absolute Gasteiger partial charge is 0.259 e. The lowest BCUT2D eigenvalue weighted by Crippen LogP contribution is -2.37. The minimum atomic E-state index is -0.572. The van der Waals surface area contributed by atoms with Gasteiger partial charge in [-0.2, -0.15) is 5.10 Å². The Morgan fingerprint density at radius 2 is 1.86 bits per heavy atom. The molecule has 1 saturated heterocycles. The molecule has 0 radical (unpaired) electrons. The molecule has 0 unspecified atom stereocenters. The highest BCUT2D eigenvalue weighted by Crippen LogP contribution is 2.30. The number of aliphatic hydroxyl groups is 1. The molecule has 1 aromatic carbocycles. The highest BCUT2D eigenvalue weighted by atomic mass is 16.3. The molecular formula is C23H28N4O2. The molecule has 3 heterocycles. The number of likely N-dealkylation sites (tertiary alicyclic amines) is 1. The van der Waals surface area contributed by atoms with Crippen LogP contribution in [-0.2, 0) is 7.05 Å². The average Bonchev–Trinajstić information content (AvgIpc) is 3.41. The molecule has 1 aliphatic rings. The summed E-state index contributed by atoms with van der Waals surface area (Å²) in [5.74, 6) is 0.785. The van der Waals surface area contributed by atoms with Gasteiger partial charge in [0.1, 0.15) is 11.4 Å². The maximum atomic E-state index is 13.5. The van der Waals surface area contributed by atoms with Crippen LogP contribution in [0.25, 0.3) is 5.82 Å². The van der Waals surface area contributed by atoms with Crippen molar-refractivity contribution in [1.82, 2.24) is 19.2 Å². The number of hydrogen-bond donors (Lipinski definition) is 1. The van der Waals surface area contributed by atoms with Gasteiger partial charge in [0, 0.05) is 31.0 Å². The Kier molecular flexibility index (Phi) is 5.28. The lowest BCUT2D eigenvalue weighted by atomic mass is 10.0. The molecule has 1 amide bonds. The van der Waals surface area contributed by atoms with Gasteiger partial charge in [-0.15, -0.1) is 0 Å². The van der Waals surface area contributed by atoms with Crippen LogP contribution in [0.4, 0.5) is 0 Å². The Hall–Kier alpha value is -2.86. The Morgan fingerprint density at radius 3 is 2.55 bits per heavy atom. The number of nitrogens with zero attached hydrogens (tertiary/aromatic N) is 4. The predicted octanol–water partition coefficient (Wildman–Crippen LogP) is 3.56. The van der Waals surface area contributed by atoms with Crippen LogP contribution in [0.1, 0.15) is 52.7 Å². The van der Waals surface area contributed by atoms with Crippen molar-refractivity contribution in [3.8, 4) is 5.82 Å². The van der Waals surface area contributed by atoms with E-state index in [1.807, 2.05) is 68.3 Å². The quantitative estimate of drug-likeness (QED) is 0.722. The van der Waals surface area contributed by atoms with Gasteiger partial charge in [0.05, 0.1) is 12.3 Å². The van der Waals surface area contributed by atoms with E-state index < -0.39 is 6.10 Å². The summed E-state index contributed by atoms with van der Waals surface area (Å²) in [6.07, 6.45) is 3.51. The van der Waals surface area contributed by atoms with E-state index in [4.69, 9.17) is 0 Å². The highest BCUT2D eigenvalue weighted by molar-refractivity contribution is 5.97. The second-order valence-corrected chi connectivity index (χ2v) is 7.91. The van der Waals surface area contributed by atoms with Gasteiger partial charge in [-0.3, -0.25) is 9.48 Å². The zero-order valence-electron chi connectivity index (χ0n) is 17.2. The Balaban J connectivity index is 1.60. The molecule has 1 N–H and O–H groups in total. The van der Waals surface area contributed by atoms with Crippen LogP contribution < -0.4 is 0 Å². The normalized spacial score (nSPS) is 17.7. The fourth-order valence-corrected chi connectivity index (χ4v) is 4.42. The van der Waals surface area contributed by atoms with Crippen LogP contribution in [0.2, 0.25) is 0 Å². The van der Waals surface area contributed by atoms with Crippen LogP contribution in [0.5, 0.6) is 0 Å². The molecule has 0 spiro atoms. The molecule has 152 valence electrons. The van der Waals surface area contributed by atoms with Crippen molar-refractivity contribution < 1.29 is 9.90 Å². The number of rotatable bonds is 5. The van der Waals surface area contributed by atoms with E-state index in [1.165, 1.54) is 0 Å². The van der Waals surface area contributed by atoms with Crippen molar-refractivity contribution in [2.75, 3.05) is 6.54 Å². The molecule has 2 atom stereocenters. The van der Waals surface area contributed by atoms with Crippen LogP contribution in [0, 0.1) is 13.8 Å². The summed E-state index contributed by atoms with van der Waals surface area (Å²) < 4.78 is 3.83. The van der Waals surface area contributed by atoms with Gasteiger partial charge in [0.15, 0.2) is 0 Å². The third-order valence-electron chi connectivity index (χ3n) is 5.94. The minimum Gasteiger partial charge on any atom is -0.388 e. The lowest BCUT2D eigenvalue weighted by Gasteiger charge is -2.27. The first-order valence-electron chi connectivity index (χ1n) is 10.2. The number of carbonyl (C=O) groups excluding carboxylic acids is 1. The Labute approximate surface area is 171 Å². The van der Waals surface area contributed by atoms with E-state index in [9.17, 15) is 9.90 Å². The molecule has 2 aromatic heterocycles. The number of aliphatic hydroxyl groups excluding tert-OH is 1. The second-order valence-electron chi connectivity index (χ2n) is 7.91. The summed E-state index contributed by atoms with van der Waals surface area (Å²) in [5, 5.41) is 15.1. The number of carbonyl (C=O) groups is 1. The maximum Gasteiger partial charge on any atom is 0.259 e. The van der Waals surface area contributed by atoms with Crippen molar-refractivity contribution in [2.24, 2.45) is 7.05 Å². The molecule has 0 bridgehead atoms. The molecule has 1 fully saturated rings. The first-order chi connectivity index (χ1) is 14.0. The molecular weight excluding hydrogens is 364 g/mol. The van der Waals surface area contributed by atoms with Crippen LogP contribution in [0.15, 0.2) is 48.7 Å². The van der Waals surface area contributed by atoms with Crippen molar-refractivity contribution >= 4 is 5.91 Å². The third kappa shape index (κ3) is 3.60. The second kappa shape index (κ2) is 7.87. The summed E-state index contributed by atoms with van der Waals surface area (Å²) in [7, 11) is 1.87. The third-order valence-corrected chi connectivity index (χ3v) is 5.94. The van der Waals surface area contributed by atoms with E-state index in [0.717, 1.165) is 35.6 Å². The van der Waals surface area contributed by atoms with E-state index in [-0.39, 0.29) is 11.9 Å². The number of aryl methyl sites for hydroxylation is 3. The summed E-state index contributed by atoms with van der Waals surface area (Å²) in [6.45, 7) is 4.77. The molecule has 3 aromatic rings. The largest absolute Gasteiger partial charge is 0.388 e. The Morgan fingerprint density at radius 1 is 1.17 bits per heavy atom. The summed E-state index contributed by atoms with van der Waals surface area (Å²) in [5.41, 5.74) is 3.64. The fraction of sp³-hybridized carbons (Fsp3) is 0.391. The van der Waals surface area contributed by atoms with Gasteiger partial charge in [-0.25, -0.2) is 0 Å². The minimum absolute atomic E-state index is 0.0108. The van der Waals surface area contributed by atoms with E-state index in [0.29, 0.717) is 18.5 Å². The molecule has 6 heteroatoms. The van der Waals surface area contributed by atoms with Crippen molar-refractivity contribution in [1.29, 1.82) is 0 Å². The zero-order chi connectivity index (χ0) is 20.5. The van der Waals surface area contributed by atoms with Crippen LogP contribution in [0.3, 0.4) is 0 Å². The van der Waals surface area contributed by atoms with Gasteiger partial charge in [-0.05, 0) is 50.8 Å². The highest BCUT2D eigenvalue weighted by Gasteiger charge is 2.33. The molecule has 29 heavy (non-hydrogen) atoms. The fourth-order valence-electron chi connectivity index (χ4n) is 4.42. The maximum absolute atomic E-state index is 13.5. The van der Waals surface area contributed by atoms with Gasteiger partial charge in [-0.1, -0.05) is 30.3 Å². The number of benzene rings is 1. The Bertz CT molecular complexity index is 986. The summed E-state index contributed by atoms with van der Waals surface area (Å²) in [6, 6.07) is 13.8. The first kappa shape index (κ1) is 19.5. The topological polar surface area (TPSA) is 63.3 Å². The average molecular weight is 393 g/mol. The van der Waals surface area contributed by atoms with Gasteiger partial charge >= 0.3 is 0 Å². The number of amides is 1.